The smallest absolute Gasteiger partial charge is 0.250 e. The molecule has 1 unspecified atom stereocenters. The Morgan fingerprint density at radius 1 is 0.978 bits per heavy atom. The quantitative estimate of drug-likeness (QED) is 0.378. The van der Waals surface area contributed by atoms with E-state index in [1.807, 2.05) is 93.6 Å². The number of fused-ring (bicyclic) bond motifs is 3. The average Bonchev–Trinajstić information content (AvgIpc) is 3.59. The van der Waals surface area contributed by atoms with Gasteiger partial charge in [-0.25, -0.2) is 4.68 Å². The summed E-state index contributed by atoms with van der Waals surface area (Å²) < 4.78 is 14.2. The standard InChI is InChI=1S/C34H38N6O6/c1-4-22(20-41)40-29-32(44)37(21-39-26-11-7-6-10-25(26)35-36-39)18-9-17-34(29)28(31(40)43)27-30(42)38(19-8-16-33(27,3)46-34)23-12-14-24(15-13-23)45-5-2/h6-17,22,27-29,41H,4-5,18-21H2,1-3H3/t22-,27-,28-,29?,33+,34-/m0/s1. The van der Waals surface area contributed by atoms with E-state index >= 15 is 0 Å². The van der Waals surface area contributed by atoms with Crippen LogP contribution in [0.15, 0.2) is 72.8 Å². The Labute approximate surface area is 266 Å². The summed E-state index contributed by atoms with van der Waals surface area (Å²) in [5, 5.41) is 18.9. The molecule has 240 valence electrons. The van der Waals surface area contributed by atoms with Gasteiger partial charge in [0.15, 0.2) is 0 Å². The summed E-state index contributed by atoms with van der Waals surface area (Å²) in [6, 6.07) is 13.1. The van der Waals surface area contributed by atoms with Crippen molar-refractivity contribution in [1.82, 2.24) is 24.8 Å². The summed E-state index contributed by atoms with van der Waals surface area (Å²) in [7, 11) is 0. The molecule has 1 aromatic heterocycles. The monoisotopic (exact) mass is 626 g/mol. The van der Waals surface area contributed by atoms with Crippen LogP contribution in [0.5, 0.6) is 5.75 Å². The van der Waals surface area contributed by atoms with Crippen LogP contribution in [0.3, 0.4) is 0 Å². The zero-order valence-corrected chi connectivity index (χ0v) is 26.2. The zero-order valence-electron chi connectivity index (χ0n) is 26.2. The number of carbonyl (C=O) groups excluding carboxylic acids is 3. The van der Waals surface area contributed by atoms with E-state index in [0.717, 1.165) is 5.52 Å². The van der Waals surface area contributed by atoms with E-state index in [9.17, 15) is 19.5 Å². The molecule has 4 aliphatic rings. The average molecular weight is 627 g/mol. The molecule has 12 nitrogen and oxygen atoms in total. The molecule has 4 aliphatic heterocycles. The van der Waals surface area contributed by atoms with Crippen LogP contribution in [0.4, 0.5) is 5.69 Å². The fourth-order valence-electron chi connectivity index (χ4n) is 7.75. The number of para-hydroxylation sites is 1. The SMILES string of the molecule is CCOc1ccc(N2CC=C[C@@]3(C)O[C@]45C=CCN(Cn6nnc7ccccc76)C(=O)C4N([C@@H](CC)CO)C(=O)[C@@H]5[C@H]3C2=O)cc1. The van der Waals surface area contributed by atoms with Crippen LogP contribution < -0.4 is 9.64 Å². The van der Waals surface area contributed by atoms with Gasteiger partial charge in [-0.1, -0.05) is 48.6 Å². The van der Waals surface area contributed by atoms with Crippen molar-refractivity contribution in [1.29, 1.82) is 0 Å². The Bertz CT molecular complexity index is 1730. The van der Waals surface area contributed by atoms with E-state index in [-0.39, 0.29) is 37.5 Å². The third-order valence-electron chi connectivity index (χ3n) is 9.84. The first kappa shape index (κ1) is 30.1. The van der Waals surface area contributed by atoms with Crippen molar-refractivity contribution in [3.8, 4) is 5.75 Å². The zero-order chi connectivity index (χ0) is 32.2. The molecule has 5 heterocycles. The maximum absolute atomic E-state index is 14.7. The fraction of sp³-hybridized carbons (Fsp3) is 0.441. The Hall–Kier alpha value is -4.55. The maximum atomic E-state index is 14.7. The van der Waals surface area contributed by atoms with Gasteiger partial charge in [0, 0.05) is 18.8 Å². The molecule has 46 heavy (non-hydrogen) atoms. The Morgan fingerprint density at radius 2 is 1.74 bits per heavy atom. The number of anilines is 1. The molecule has 12 heteroatoms. The van der Waals surface area contributed by atoms with Gasteiger partial charge >= 0.3 is 0 Å². The van der Waals surface area contributed by atoms with Crippen LogP contribution in [0, 0.1) is 11.8 Å². The molecular formula is C34H38N6O6. The summed E-state index contributed by atoms with van der Waals surface area (Å²) in [5.74, 6) is -2.19. The number of amides is 3. The molecule has 1 spiro atoms. The second-order valence-corrected chi connectivity index (χ2v) is 12.4. The van der Waals surface area contributed by atoms with Crippen molar-refractivity contribution in [2.45, 2.75) is 57.1 Å². The molecule has 2 aromatic carbocycles. The van der Waals surface area contributed by atoms with Gasteiger partial charge in [0.25, 0.3) is 5.91 Å². The highest BCUT2D eigenvalue weighted by atomic mass is 16.5. The number of nitrogens with zero attached hydrogens (tertiary/aromatic N) is 6. The number of hydrogen-bond acceptors (Lipinski definition) is 8. The normalized spacial score (nSPS) is 29.5. The van der Waals surface area contributed by atoms with Gasteiger partial charge in [-0.15, -0.1) is 5.10 Å². The summed E-state index contributed by atoms with van der Waals surface area (Å²) in [6.07, 6.45) is 7.81. The van der Waals surface area contributed by atoms with Gasteiger partial charge in [0.05, 0.1) is 42.2 Å². The van der Waals surface area contributed by atoms with Crippen LogP contribution in [0.1, 0.15) is 27.2 Å². The van der Waals surface area contributed by atoms with Crippen LogP contribution in [-0.2, 0) is 25.8 Å². The predicted molar refractivity (Wildman–Crippen MR) is 168 cm³/mol. The first-order valence-electron chi connectivity index (χ1n) is 15.9. The van der Waals surface area contributed by atoms with E-state index in [1.165, 1.54) is 4.90 Å². The molecule has 0 aliphatic carbocycles. The van der Waals surface area contributed by atoms with Crippen LogP contribution in [0.2, 0.25) is 0 Å². The van der Waals surface area contributed by atoms with Gasteiger partial charge < -0.3 is 29.3 Å². The number of likely N-dealkylation sites (tertiary alicyclic amines) is 1. The van der Waals surface area contributed by atoms with Crippen molar-refractivity contribution in [3.63, 3.8) is 0 Å². The van der Waals surface area contributed by atoms with Crippen LogP contribution in [-0.4, -0.2) is 97.2 Å². The third kappa shape index (κ3) is 4.45. The number of aliphatic hydroxyl groups excluding tert-OH is 1. The molecule has 0 bridgehead atoms. The van der Waals surface area contributed by atoms with E-state index in [0.29, 0.717) is 36.5 Å². The van der Waals surface area contributed by atoms with Gasteiger partial charge in [-0.2, -0.15) is 0 Å². The van der Waals surface area contributed by atoms with E-state index in [1.54, 1.807) is 14.5 Å². The highest BCUT2D eigenvalue weighted by Gasteiger charge is 2.75. The van der Waals surface area contributed by atoms with E-state index < -0.39 is 35.1 Å². The lowest BCUT2D eigenvalue weighted by Gasteiger charge is -2.39. The van der Waals surface area contributed by atoms with Crippen molar-refractivity contribution in [2.24, 2.45) is 11.8 Å². The number of ether oxygens (including phenoxy) is 2. The van der Waals surface area contributed by atoms with Crippen molar-refractivity contribution in [3.05, 3.63) is 72.8 Å². The third-order valence-corrected chi connectivity index (χ3v) is 9.84. The molecule has 2 saturated heterocycles. The predicted octanol–water partition coefficient (Wildman–Crippen LogP) is 2.53. The summed E-state index contributed by atoms with van der Waals surface area (Å²) >= 11 is 0. The Morgan fingerprint density at radius 3 is 2.48 bits per heavy atom. The number of aliphatic hydroxyl groups is 1. The molecule has 7 rings (SSSR count). The highest BCUT2D eigenvalue weighted by molar-refractivity contribution is 6.04. The minimum absolute atomic E-state index is 0.101. The minimum Gasteiger partial charge on any atom is -0.494 e. The first-order valence-corrected chi connectivity index (χ1v) is 15.9. The minimum atomic E-state index is -1.43. The fourth-order valence-corrected chi connectivity index (χ4v) is 7.75. The Balaban J connectivity index is 1.29. The van der Waals surface area contributed by atoms with Crippen molar-refractivity contribution in [2.75, 3.05) is 31.2 Å². The van der Waals surface area contributed by atoms with E-state index in [4.69, 9.17) is 9.47 Å². The van der Waals surface area contributed by atoms with Crippen LogP contribution in [0.25, 0.3) is 11.0 Å². The molecule has 0 radical (unpaired) electrons. The van der Waals surface area contributed by atoms with Crippen molar-refractivity contribution >= 4 is 34.4 Å². The van der Waals surface area contributed by atoms with E-state index in [2.05, 4.69) is 10.3 Å². The molecule has 3 amide bonds. The number of hydrogen-bond donors (Lipinski definition) is 1. The van der Waals surface area contributed by atoms with Gasteiger partial charge in [0.1, 0.15) is 29.6 Å². The summed E-state index contributed by atoms with van der Waals surface area (Å²) in [4.78, 5) is 48.7. The number of benzene rings is 2. The topological polar surface area (TPSA) is 130 Å². The number of carbonyl (C=O) groups is 3. The summed E-state index contributed by atoms with van der Waals surface area (Å²) in [6.45, 7) is 6.42. The Kier molecular flexibility index (Phi) is 7.44. The summed E-state index contributed by atoms with van der Waals surface area (Å²) in [5.41, 5.74) is -0.450. The van der Waals surface area contributed by atoms with Gasteiger partial charge in [-0.3, -0.25) is 14.4 Å². The first-order chi connectivity index (χ1) is 22.3. The lowest BCUT2D eigenvalue weighted by molar-refractivity contribution is -0.155. The van der Waals surface area contributed by atoms with Crippen molar-refractivity contribution < 1.29 is 29.0 Å². The largest absolute Gasteiger partial charge is 0.494 e. The van der Waals surface area contributed by atoms with Gasteiger partial charge in [0.2, 0.25) is 11.8 Å². The molecule has 0 saturated carbocycles. The highest BCUT2D eigenvalue weighted by Crippen LogP contribution is 2.58. The molecular weight excluding hydrogens is 588 g/mol. The maximum Gasteiger partial charge on any atom is 0.250 e. The molecule has 1 N–H and O–H groups in total. The molecule has 2 fully saturated rings. The number of aromatic nitrogens is 3. The van der Waals surface area contributed by atoms with Gasteiger partial charge in [-0.05, 0) is 56.7 Å². The molecule has 3 aromatic rings. The lowest BCUT2D eigenvalue weighted by atomic mass is 9.74. The second-order valence-electron chi connectivity index (χ2n) is 12.4. The number of rotatable bonds is 8. The molecule has 6 atom stereocenters. The second kappa shape index (κ2) is 11.4. The lowest BCUT2D eigenvalue weighted by Crippen LogP contribution is -2.58. The van der Waals surface area contributed by atoms with Crippen LogP contribution >= 0.6 is 0 Å².